The van der Waals surface area contributed by atoms with E-state index in [0.717, 1.165) is 6.42 Å². The fraction of sp³-hybridized carbons (Fsp3) is 0.333. The molecule has 0 radical (unpaired) electrons. The van der Waals surface area contributed by atoms with Crippen LogP contribution < -0.4 is 5.73 Å². The smallest absolute Gasteiger partial charge is 0.110 e. The zero-order chi connectivity index (χ0) is 7.68. The van der Waals surface area contributed by atoms with Crippen LogP contribution in [0.15, 0.2) is 24.3 Å². The number of rotatable bonds is 0. The van der Waals surface area contributed by atoms with Crippen LogP contribution in [0.1, 0.15) is 11.1 Å². The SMILES string of the molecule is NC1Cc2ccccc2CO1. The summed E-state index contributed by atoms with van der Waals surface area (Å²) in [7, 11) is 0. The lowest BCUT2D eigenvalue weighted by molar-refractivity contribution is 0.0330. The lowest BCUT2D eigenvalue weighted by Gasteiger charge is -2.21. The molecule has 0 spiro atoms. The first-order valence-corrected chi connectivity index (χ1v) is 3.80. The Kier molecular flexibility index (Phi) is 1.64. The summed E-state index contributed by atoms with van der Waals surface area (Å²) < 4.78 is 5.28. The molecule has 0 saturated heterocycles. The highest BCUT2D eigenvalue weighted by Gasteiger charge is 2.13. The van der Waals surface area contributed by atoms with E-state index in [4.69, 9.17) is 10.5 Å². The molecular formula is C9H11NO. The van der Waals surface area contributed by atoms with E-state index < -0.39 is 0 Å². The Bertz CT molecular complexity index is 259. The number of fused-ring (bicyclic) bond motifs is 1. The molecule has 1 aliphatic heterocycles. The summed E-state index contributed by atoms with van der Waals surface area (Å²) in [6.07, 6.45) is 0.737. The Labute approximate surface area is 66.0 Å². The second-order valence-electron chi connectivity index (χ2n) is 2.82. The van der Waals surface area contributed by atoms with Crippen molar-refractivity contribution in [3.63, 3.8) is 0 Å². The van der Waals surface area contributed by atoms with Gasteiger partial charge in [-0.25, -0.2) is 0 Å². The van der Waals surface area contributed by atoms with Gasteiger partial charge in [0.1, 0.15) is 6.23 Å². The first-order valence-electron chi connectivity index (χ1n) is 3.80. The number of hydrogen-bond donors (Lipinski definition) is 1. The second-order valence-corrected chi connectivity index (χ2v) is 2.82. The van der Waals surface area contributed by atoms with Crippen molar-refractivity contribution in [3.8, 4) is 0 Å². The normalized spacial score (nSPS) is 22.8. The fourth-order valence-corrected chi connectivity index (χ4v) is 1.37. The van der Waals surface area contributed by atoms with Gasteiger partial charge in [-0.2, -0.15) is 0 Å². The van der Waals surface area contributed by atoms with E-state index in [-0.39, 0.29) is 6.23 Å². The van der Waals surface area contributed by atoms with Crippen LogP contribution in [0, 0.1) is 0 Å². The molecule has 0 fully saturated rings. The molecule has 1 aromatic carbocycles. The molecule has 2 N–H and O–H groups in total. The predicted molar refractivity (Wildman–Crippen MR) is 42.9 cm³/mol. The maximum absolute atomic E-state index is 5.63. The standard InChI is InChI=1S/C9H11NO/c10-9-5-7-3-1-2-4-8(7)6-11-9/h1-4,9H,5-6,10H2. The highest BCUT2D eigenvalue weighted by Crippen LogP contribution is 2.17. The fourth-order valence-electron chi connectivity index (χ4n) is 1.37. The minimum Gasteiger partial charge on any atom is -0.359 e. The van der Waals surface area contributed by atoms with Gasteiger partial charge in [0.25, 0.3) is 0 Å². The molecule has 1 heterocycles. The van der Waals surface area contributed by atoms with Crippen LogP contribution in [0.4, 0.5) is 0 Å². The minimum absolute atomic E-state index is 0.107. The quantitative estimate of drug-likeness (QED) is 0.598. The topological polar surface area (TPSA) is 35.2 Å². The van der Waals surface area contributed by atoms with Gasteiger partial charge in [-0.3, -0.25) is 0 Å². The number of ether oxygens (including phenoxy) is 1. The highest BCUT2D eigenvalue weighted by atomic mass is 16.5. The summed E-state index contributed by atoms with van der Waals surface area (Å²) in [5, 5.41) is 0. The molecule has 11 heavy (non-hydrogen) atoms. The van der Waals surface area contributed by atoms with E-state index in [1.807, 2.05) is 12.1 Å². The zero-order valence-corrected chi connectivity index (χ0v) is 6.29. The van der Waals surface area contributed by atoms with Crippen LogP contribution in [-0.2, 0) is 17.8 Å². The Hall–Kier alpha value is -0.860. The summed E-state index contributed by atoms with van der Waals surface area (Å²) in [6, 6.07) is 8.26. The molecular weight excluding hydrogens is 138 g/mol. The van der Waals surface area contributed by atoms with Crippen molar-refractivity contribution in [1.82, 2.24) is 0 Å². The van der Waals surface area contributed by atoms with Crippen LogP contribution in [0.2, 0.25) is 0 Å². The molecule has 1 unspecified atom stereocenters. The van der Waals surface area contributed by atoms with Gasteiger partial charge >= 0.3 is 0 Å². The Morgan fingerprint density at radius 2 is 2.00 bits per heavy atom. The number of benzene rings is 1. The van der Waals surface area contributed by atoms with Gasteiger partial charge in [0.05, 0.1) is 6.61 Å². The minimum atomic E-state index is -0.107. The highest BCUT2D eigenvalue weighted by molar-refractivity contribution is 5.28. The van der Waals surface area contributed by atoms with Gasteiger partial charge in [0.15, 0.2) is 0 Å². The Morgan fingerprint density at radius 3 is 2.82 bits per heavy atom. The lowest BCUT2D eigenvalue weighted by Crippen LogP contribution is -2.30. The van der Waals surface area contributed by atoms with Crippen molar-refractivity contribution in [2.75, 3.05) is 0 Å². The summed E-state index contributed by atoms with van der Waals surface area (Å²) in [4.78, 5) is 0. The van der Waals surface area contributed by atoms with Gasteiger partial charge in [-0.05, 0) is 11.1 Å². The average Bonchev–Trinajstić information content (AvgIpc) is 2.04. The van der Waals surface area contributed by atoms with Crippen LogP contribution in [0.5, 0.6) is 0 Å². The van der Waals surface area contributed by atoms with Crippen molar-refractivity contribution in [2.24, 2.45) is 5.73 Å². The lowest BCUT2D eigenvalue weighted by atomic mass is 10.0. The first-order chi connectivity index (χ1) is 5.36. The van der Waals surface area contributed by atoms with Crippen molar-refractivity contribution >= 4 is 0 Å². The molecule has 1 aliphatic rings. The van der Waals surface area contributed by atoms with E-state index in [9.17, 15) is 0 Å². The molecule has 1 aromatic rings. The molecule has 2 nitrogen and oxygen atoms in total. The first kappa shape index (κ1) is 6.83. The van der Waals surface area contributed by atoms with Crippen LogP contribution in [-0.4, -0.2) is 6.23 Å². The van der Waals surface area contributed by atoms with E-state index in [1.165, 1.54) is 11.1 Å². The van der Waals surface area contributed by atoms with Crippen LogP contribution in [0.25, 0.3) is 0 Å². The summed E-state index contributed by atoms with van der Waals surface area (Å²) in [5.74, 6) is 0. The average molecular weight is 149 g/mol. The van der Waals surface area contributed by atoms with E-state index in [2.05, 4.69) is 12.1 Å². The summed E-state index contributed by atoms with van der Waals surface area (Å²) in [6.45, 7) is 0.664. The molecule has 0 aliphatic carbocycles. The van der Waals surface area contributed by atoms with Crippen molar-refractivity contribution < 1.29 is 4.74 Å². The zero-order valence-electron chi connectivity index (χ0n) is 6.29. The monoisotopic (exact) mass is 149 g/mol. The van der Waals surface area contributed by atoms with E-state index in [1.54, 1.807) is 0 Å². The van der Waals surface area contributed by atoms with Crippen LogP contribution in [0.3, 0.4) is 0 Å². The van der Waals surface area contributed by atoms with Gasteiger partial charge < -0.3 is 10.5 Å². The van der Waals surface area contributed by atoms with Gasteiger partial charge in [-0.1, -0.05) is 24.3 Å². The largest absolute Gasteiger partial charge is 0.359 e. The molecule has 2 rings (SSSR count). The molecule has 0 saturated carbocycles. The van der Waals surface area contributed by atoms with Crippen molar-refractivity contribution in [2.45, 2.75) is 19.3 Å². The maximum atomic E-state index is 5.63. The Balaban J connectivity index is 2.34. The number of hydrogen-bond acceptors (Lipinski definition) is 2. The number of nitrogens with two attached hydrogens (primary N) is 1. The molecule has 58 valence electrons. The second kappa shape index (κ2) is 2.64. The molecule has 0 aromatic heterocycles. The predicted octanol–water partition coefficient (Wildman–Crippen LogP) is 1.04. The maximum Gasteiger partial charge on any atom is 0.110 e. The molecule has 0 amide bonds. The Morgan fingerprint density at radius 1 is 1.27 bits per heavy atom. The third-order valence-corrected chi connectivity index (χ3v) is 1.99. The van der Waals surface area contributed by atoms with Crippen molar-refractivity contribution in [1.29, 1.82) is 0 Å². The third-order valence-electron chi connectivity index (χ3n) is 1.99. The molecule has 2 heteroatoms. The third kappa shape index (κ3) is 1.27. The van der Waals surface area contributed by atoms with Gasteiger partial charge in [-0.15, -0.1) is 0 Å². The van der Waals surface area contributed by atoms with Crippen molar-refractivity contribution in [3.05, 3.63) is 35.4 Å². The molecule has 1 atom stereocenters. The summed E-state index contributed by atoms with van der Waals surface area (Å²) in [5.41, 5.74) is 8.22. The van der Waals surface area contributed by atoms with Crippen LogP contribution >= 0.6 is 0 Å². The van der Waals surface area contributed by atoms with Gasteiger partial charge in [0.2, 0.25) is 0 Å². The van der Waals surface area contributed by atoms with Gasteiger partial charge in [0, 0.05) is 6.42 Å². The molecule has 0 bridgehead atoms. The summed E-state index contributed by atoms with van der Waals surface area (Å²) >= 11 is 0. The van der Waals surface area contributed by atoms with E-state index in [0.29, 0.717) is 6.61 Å². The van der Waals surface area contributed by atoms with E-state index >= 15 is 0 Å².